The fraction of sp³-hybridized carbons (Fsp3) is 0.455. The third kappa shape index (κ3) is 4.81. The van der Waals surface area contributed by atoms with Gasteiger partial charge >= 0.3 is 0 Å². The van der Waals surface area contributed by atoms with E-state index in [4.69, 9.17) is 5.73 Å². The molecule has 0 spiro atoms. The van der Waals surface area contributed by atoms with Gasteiger partial charge in [0.25, 0.3) is 0 Å². The summed E-state index contributed by atoms with van der Waals surface area (Å²) < 4.78 is 48.3. The van der Waals surface area contributed by atoms with Gasteiger partial charge < -0.3 is 5.73 Å². The van der Waals surface area contributed by atoms with Gasteiger partial charge in [-0.05, 0) is 25.0 Å². The first kappa shape index (κ1) is 15.9. The second-order valence-electron chi connectivity index (χ2n) is 4.37. The van der Waals surface area contributed by atoms with Crippen LogP contribution in [0.2, 0.25) is 0 Å². The smallest absolute Gasteiger partial charge is 0.242 e. The minimum absolute atomic E-state index is 0.0503. The number of sulfonamides is 1. The summed E-state index contributed by atoms with van der Waals surface area (Å²) in [6.07, 6.45) is 1.34. The van der Waals surface area contributed by atoms with Gasteiger partial charge in [0, 0.05) is 12.8 Å². The molecule has 0 aliphatic heterocycles. The Morgan fingerprint density at radius 2 is 1.84 bits per heavy atom. The molecule has 19 heavy (non-hydrogen) atoms. The average molecular weight is 306 g/mol. The highest BCUT2D eigenvalue weighted by molar-refractivity contribution is 7.90. The molecule has 1 aromatic rings. The molecule has 0 aromatic heterocycles. The molecule has 0 aliphatic carbocycles. The largest absolute Gasteiger partial charge is 0.398 e. The summed E-state index contributed by atoms with van der Waals surface area (Å²) in [6.45, 7) is 1.71. The van der Waals surface area contributed by atoms with Crippen molar-refractivity contribution < 1.29 is 16.8 Å². The van der Waals surface area contributed by atoms with Gasteiger partial charge in [0.1, 0.15) is 14.7 Å². The number of benzene rings is 1. The van der Waals surface area contributed by atoms with Gasteiger partial charge in [0.15, 0.2) is 0 Å². The van der Waals surface area contributed by atoms with Crippen molar-refractivity contribution >= 4 is 25.5 Å². The molecule has 108 valence electrons. The van der Waals surface area contributed by atoms with Gasteiger partial charge in [-0.1, -0.05) is 12.1 Å². The predicted molar refractivity (Wildman–Crippen MR) is 75.1 cm³/mol. The molecule has 0 saturated heterocycles. The van der Waals surface area contributed by atoms with Crippen LogP contribution in [0.1, 0.15) is 12.0 Å². The molecule has 8 heteroatoms. The van der Waals surface area contributed by atoms with E-state index in [-0.39, 0.29) is 29.3 Å². The highest BCUT2D eigenvalue weighted by atomic mass is 32.2. The molecule has 0 fully saturated rings. The van der Waals surface area contributed by atoms with Crippen LogP contribution >= 0.6 is 0 Å². The first-order valence-electron chi connectivity index (χ1n) is 5.66. The molecule has 0 atom stereocenters. The topological polar surface area (TPSA) is 106 Å². The van der Waals surface area contributed by atoms with Crippen molar-refractivity contribution in [2.24, 2.45) is 0 Å². The lowest BCUT2D eigenvalue weighted by atomic mass is 10.2. The van der Waals surface area contributed by atoms with Crippen LogP contribution in [0.15, 0.2) is 23.1 Å². The number of hydrogen-bond acceptors (Lipinski definition) is 5. The lowest BCUT2D eigenvalue weighted by Crippen LogP contribution is -2.27. The fourth-order valence-corrected chi connectivity index (χ4v) is 3.75. The third-order valence-electron chi connectivity index (χ3n) is 2.50. The summed E-state index contributed by atoms with van der Waals surface area (Å²) in [7, 11) is -6.79. The maximum absolute atomic E-state index is 12.1. The Balaban J connectivity index is 2.77. The number of rotatable bonds is 6. The summed E-state index contributed by atoms with van der Waals surface area (Å²) in [5.41, 5.74) is 6.39. The van der Waals surface area contributed by atoms with Gasteiger partial charge in [-0.25, -0.2) is 21.6 Å². The summed E-state index contributed by atoms with van der Waals surface area (Å²) in [6, 6.07) is 4.84. The van der Waals surface area contributed by atoms with E-state index in [1.54, 1.807) is 19.1 Å². The van der Waals surface area contributed by atoms with E-state index < -0.39 is 19.9 Å². The summed E-state index contributed by atoms with van der Waals surface area (Å²) in [4.78, 5) is 0.0503. The van der Waals surface area contributed by atoms with Crippen LogP contribution in [0.4, 0.5) is 5.69 Å². The fourth-order valence-electron chi connectivity index (χ4n) is 1.66. The molecule has 0 heterocycles. The normalized spacial score (nSPS) is 12.5. The standard InChI is InChI=1S/C11H18N2O4S2/c1-9-5-3-6-10(12)11(9)19(16,17)13-7-4-8-18(2,14)15/h3,5-6,13H,4,7-8,12H2,1-2H3. The van der Waals surface area contributed by atoms with Crippen LogP contribution in [0.5, 0.6) is 0 Å². The van der Waals surface area contributed by atoms with Crippen LogP contribution in [0, 0.1) is 6.92 Å². The van der Waals surface area contributed by atoms with Crippen LogP contribution in [0.25, 0.3) is 0 Å². The molecule has 0 unspecified atom stereocenters. The zero-order chi connectivity index (χ0) is 14.7. The van der Waals surface area contributed by atoms with Crippen LogP contribution in [0.3, 0.4) is 0 Å². The Kier molecular flexibility index (Phi) is 4.94. The van der Waals surface area contributed by atoms with E-state index in [2.05, 4.69) is 4.72 Å². The highest BCUT2D eigenvalue weighted by Crippen LogP contribution is 2.21. The number of aryl methyl sites for hydroxylation is 1. The molecule has 1 rings (SSSR count). The molecule has 3 N–H and O–H groups in total. The van der Waals surface area contributed by atoms with E-state index in [0.717, 1.165) is 6.26 Å². The van der Waals surface area contributed by atoms with Crippen LogP contribution in [-0.4, -0.2) is 35.4 Å². The molecular formula is C11H18N2O4S2. The number of hydrogen-bond donors (Lipinski definition) is 2. The van der Waals surface area contributed by atoms with Crippen molar-refractivity contribution in [2.75, 3.05) is 24.3 Å². The van der Waals surface area contributed by atoms with Gasteiger partial charge in [-0.15, -0.1) is 0 Å². The maximum atomic E-state index is 12.1. The number of anilines is 1. The summed E-state index contributed by atoms with van der Waals surface area (Å²) >= 11 is 0. The first-order valence-corrected chi connectivity index (χ1v) is 9.20. The third-order valence-corrected chi connectivity index (χ3v) is 5.20. The lowest BCUT2D eigenvalue weighted by Gasteiger charge is -2.11. The van der Waals surface area contributed by atoms with Crippen molar-refractivity contribution in [2.45, 2.75) is 18.2 Å². The van der Waals surface area contributed by atoms with E-state index in [1.807, 2.05) is 0 Å². The predicted octanol–water partition coefficient (Wildman–Crippen LogP) is 0.290. The quantitative estimate of drug-likeness (QED) is 0.580. The highest BCUT2D eigenvalue weighted by Gasteiger charge is 2.19. The van der Waals surface area contributed by atoms with Crippen molar-refractivity contribution in [1.82, 2.24) is 4.72 Å². The Bertz CT molecular complexity index is 631. The Morgan fingerprint density at radius 1 is 1.21 bits per heavy atom. The summed E-state index contributed by atoms with van der Waals surface area (Å²) in [5, 5.41) is 0. The van der Waals surface area contributed by atoms with Gasteiger partial charge in [-0.3, -0.25) is 0 Å². The number of nitrogens with two attached hydrogens (primary N) is 1. The van der Waals surface area contributed by atoms with Crippen molar-refractivity contribution in [3.05, 3.63) is 23.8 Å². The van der Waals surface area contributed by atoms with Crippen LogP contribution < -0.4 is 10.5 Å². The number of nitrogens with one attached hydrogen (secondary N) is 1. The second kappa shape index (κ2) is 5.89. The van der Waals surface area contributed by atoms with Crippen molar-refractivity contribution in [3.63, 3.8) is 0 Å². The summed E-state index contributed by atoms with van der Waals surface area (Å²) in [5.74, 6) is -0.0568. The average Bonchev–Trinajstić information content (AvgIpc) is 2.22. The molecule has 6 nitrogen and oxygen atoms in total. The Labute approximate surface area is 114 Å². The molecule has 0 saturated carbocycles. The van der Waals surface area contributed by atoms with Gasteiger partial charge in [0.05, 0.1) is 11.4 Å². The second-order valence-corrected chi connectivity index (χ2v) is 8.34. The van der Waals surface area contributed by atoms with Gasteiger partial charge in [-0.2, -0.15) is 0 Å². The first-order chi connectivity index (χ1) is 8.63. The zero-order valence-electron chi connectivity index (χ0n) is 10.9. The Hall–Kier alpha value is -1.12. The van der Waals surface area contributed by atoms with Gasteiger partial charge in [0.2, 0.25) is 10.0 Å². The molecule has 0 bridgehead atoms. The van der Waals surface area contributed by atoms with E-state index >= 15 is 0 Å². The van der Waals surface area contributed by atoms with E-state index in [9.17, 15) is 16.8 Å². The lowest BCUT2D eigenvalue weighted by molar-refractivity contribution is 0.577. The number of nitrogen functional groups attached to an aromatic ring is 1. The minimum Gasteiger partial charge on any atom is -0.398 e. The maximum Gasteiger partial charge on any atom is 0.242 e. The molecule has 0 radical (unpaired) electrons. The van der Waals surface area contributed by atoms with Crippen molar-refractivity contribution in [3.8, 4) is 0 Å². The Morgan fingerprint density at radius 3 is 2.37 bits per heavy atom. The van der Waals surface area contributed by atoms with Crippen LogP contribution in [-0.2, 0) is 19.9 Å². The number of sulfone groups is 1. The molecule has 0 amide bonds. The van der Waals surface area contributed by atoms with E-state index in [0.29, 0.717) is 5.56 Å². The SMILES string of the molecule is Cc1cccc(N)c1S(=O)(=O)NCCCS(C)(=O)=O. The zero-order valence-corrected chi connectivity index (χ0v) is 12.5. The monoisotopic (exact) mass is 306 g/mol. The molecular weight excluding hydrogens is 288 g/mol. The molecule has 0 aliphatic rings. The minimum atomic E-state index is -3.71. The van der Waals surface area contributed by atoms with Crippen molar-refractivity contribution in [1.29, 1.82) is 0 Å². The molecule has 1 aromatic carbocycles. The van der Waals surface area contributed by atoms with E-state index in [1.165, 1.54) is 6.07 Å².